The number of thiazole rings is 1. The predicted octanol–water partition coefficient (Wildman–Crippen LogP) is 3.47. The molecule has 0 atom stereocenters. The molecule has 0 aromatic carbocycles. The summed E-state index contributed by atoms with van der Waals surface area (Å²) in [5.41, 5.74) is 0. The van der Waals surface area contributed by atoms with Gasteiger partial charge >= 0.3 is 0 Å². The second-order valence-corrected chi connectivity index (χ2v) is 4.75. The van der Waals surface area contributed by atoms with Crippen LogP contribution < -0.4 is 5.32 Å². The van der Waals surface area contributed by atoms with Crippen LogP contribution in [-0.2, 0) is 6.54 Å². The summed E-state index contributed by atoms with van der Waals surface area (Å²) in [5, 5.41) is 8.85. The molecule has 5 heteroatoms. The van der Waals surface area contributed by atoms with Crippen LogP contribution in [0.1, 0.15) is 4.88 Å². The highest BCUT2D eigenvalue weighted by molar-refractivity contribution is 7.13. The molecule has 2 nitrogen and oxygen atoms in total. The van der Waals surface area contributed by atoms with Crippen LogP contribution >= 0.6 is 34.3 Å². The van der Waals surface area contributed by atoms with E-state index in [0.29, 0.717) is 0 Å². The molecule has 2 rings (SSSR count). The fraction of sp³-hybridized carbons (Fsp3) is 0.125. The highest BCUT2D eigenvalue weighted by Crippen LogP contribution is 2.20. The fourth-order valence-electron chi connectivity index (χ4n) is 0.920. The molecular formula is C8H7ClN2S2. The van der Waals surface area contributed by atoms with Crippen LogP contribution in [0.4, 0.5) is 5.13 Å². The van der Waals surface area contributed by atoms with E-state index in [2.05, 4.69) is 10.3 Å². The molecule has 0 bridgehead atoms. The minimum absolute atomic E-state index is 0.797. The molecule has 0 aliphatic heterocycles. The van der Waals surface area contributed by atoms with Crippen molar-refractivity contribution in [1.82, 2.24) is 4.98 Å². The monoisotopic (exact) mass is 230 g/mol. The van der Waals surface area contributed by atoms with Gasteiger partial charge in [0.15, 0.2) is 5.13 Å². The summed E-state index contributed by atoms with van der Waals surface area (Å²) in [7, 11) is 0. The highest BCUT2D eigenvalue weighted by atomic mass is 35.5. The number of halogens is 1. The van der Waals surface area contributed by atoms with Crippen molar-refractivity contribution in [1.29, 1.82) is 0 Å². The quantitative estimate of drug-likeness (QED) is 0.874. The molecule has 2 aromatic heterocycles. The van der Waals surface area contributed by atoms with Crippen molar-refractivity contribution >= 4 is 39.4 Å². The van der Waals surface area contributed by atoms with Gasteiger partial charge in [-0.05, 0) is 6.07 Å². The van der Waals surface area contributed by atoms with Gasteiger partial charge in [-0.15, -0.1) is 22.7 Å². The van der Waals surface area contributed by atoms with E-state index in [-0.39, 0.29) is 0 Å². The average Bonchev–Trinajstić information content (AvgIpc) is 2.71. The summed E-state index contributed by atoms with van der Waals surface area (Å²) in [6, 6.07) is 1.97. The SMILES string of the molecule is Clc1csc(CNc2nccs2)c1. The zero-order valence-corrected chi connectivity index (χ0v) is 9.05. The third-order valence-corrected chi connectivity index (χ3v) is 3.48. The molecule has 2 heterocycles. The van der Waals surface area contributed by atoms with Crippen LogP contribution in [-0.4, -0.2) is 4.98 Å². The zero-order chi connectivity index (χ0) is 9.10. The van der Waals surface area contributed by atoms with Crippen LogP contribution in [0.5, 0.6) is 0 Å². The molecule has 0 fully saturated rings. The second kappa shape index (κ2) is 4.09. The smallest absolute Gasteiger partial charge is 0.182 e. The molecule has 0 radical (unpaired) electrons. The van der Waals surface area contributed by atoms with E-state index in [1.165, 1.54) is 4.88 Å². The summed E-state index contributed by atoms with van der Waals surface area (Å²) in [6.07, 6.45) is 1.79. The van der Waals surface area contributed by atoms with Gasteiger partial charge in [0.1, 0.15) is 0 Å². The normalized spacial score (nSPS) is 10.2. The lowest BCUT2D eigenvalue weighted by Gasteiger charge is -1.97. The molecule has 0 saturated carbocycles. The van der Waals surface area contributed by atoms with Crippen LogP contribution in [0.3, 0.4) is 0 Å². The lowest BCUT2D eigenvalue weighted by molar-refractivity contribution is 1.17. The van der Waals surface area contributed by atoms with Gasteiger partial charge < -0.3 is 5.32 Å². The number of anilines is 1. The Morgan fingerprint density at radius 1 is 1.46 bits per heavy atom. The molecule has 13 heavy (non-hydrogen) atoms. The average molecular weight is 231 g/mol. The van der Waals surface area contributed by atoms with Crippen LogP contribution in [0, 0.1) is 0 Å². The first-order chi connectivity index (χ1) is 6.34. The maximum absolute atomic E-state index is 5.79. The summed E-state index contributed by atoms with van der Waals surface area (Å²) in [4.78, 5) is 5.34. The maximum atomic E-state index is 5.79. The lowest BCUT2D eigenvalue weighted by Crippen LogP contribution is -1.95. The Morgan fingerprint density at radius 2 is 2.38 bits per heavy atom. The van der Waals surface area contributed by atoms with Crippen molar-refractivity contribution in [3.8, 4) is 0 Å². The molecule has 0 unspecified atom stereocenters. The topological polar surface area (TPSA) is 24.9 Å². The largest absolute Gasteiger partial charge is 0.357 e. The minimum Gasteiger partial charge on any atom is -0.357 e. The first-order valence-corrected chi connectivity index (χ1v) is 5.84. The molecule has 0 aliphatic carbocycles. The van der Waals surface area contributed by atoms with Gasteiger partial charge in [0, 0.05) is 21.8 Å². The van der Waals surface area contributed by atoms with E-state index in [1.54, 1.807) is 28.9 Å². The number of thiophene rings is 1. The zero-order valence-electron chi connectivity index (χ0n) is 6.66. The van der Waals surface area contributed by atoms with Crippen molar-refractivity contribution in [3.05, 3.63) is 32.9 Å². The van der Waals surface area contributed by atoms with E-state index in [4.69, 9.17) is 11.6 Å². The molecule has 0 saturated heterocycles. The first-order valence-electron chi connectivity index (χ1n) is 3.71. The summed E-state index contributed by atoms with van der Waals surface area (Å²) in [5.74, 6) is 0. The summed E-state index contributed by atoms with van der Waals surface area (Å²) in [6.45, 7) is 0.797. The summed E-state index contributed by atoms with van der Waals surface area (Å²) >= 11 is 9.04. The maximum Gasteiger partial charge on any atom is 0.182 e. The number of nitrogens with zero attached hydrogens (tertiary/aromatic N) is 1. The molecule has 68 valence electrons. The molecule has 0 spiro atoms. The van der Waals surface area contributed by atoms with Crippen molar-refractivity contribution in [3.63, 3.8) is 0 Å². The fourth-order valence-corrected chi connectivity index (χ4v) is 2.46. The molecule has 1 N–H and O–H groups in total. The van der Waals surface area contributed by atoms with Crippen molar-refractivity contribution in [2.24, 2.45) is 0 Å². The van der Waals surface area contributed by atoms with Gasteiger partial charge in [-0.25, -0.2) is 4.98 Å². The van der Waals surface area contributed by atoms with Crippen molar-refractivity contribution in [2.45, 2.75) is 6.54 Å². The third-order valence-electron chi connectivity index (χ3n) is 1.47. The standard InChI is InChI=1S/C8H7ClN2S2/c9-6-3-7(13-5-6)4-11-8-10-1-2-12-8/h1-3,5H,4H2,(H,10,11). The van der Waals surface area contributed by atoms with Gasteiger partial charge in [-0.3, -0.25) is 0 Å². The van der Waals surface area contributed by atoms with Gasteiger partial charge in [-0.2, -0.15) is 0 Å². The van der Waals surface area contributed by atoms with Crippen LogP contribution in [0.15, 0.2) is 23.0 Å². The Kier molecular flexibility index (Phi) is 2.83. The lowest BCUT2D eigenvalue weighted by atomic mass is 10.5. The molecule has 0 aliphatic rings. The molecular weight excluding hydrogens is 224 g/mol. The molecule has 2 aromatic rings. The predicted molar refractivity (Wildman–Crippen MR) is 58.8 cm³/mol. The Bertz CT molecular complexity index is 369. The summed E-state index contributed by atoms with van der Waals surface area (Å²) < 4.78 is 0. The highest BCUT2D eigenvalue weighted by Gasteiger charge is 1.98. The van der Waals surface area contributed by atoms with E-state index in [0.717, 1.165) is 16.7 Å². The van der Waals surface area contributed by atoms with E-state index in [1.807, 2.05) is 16.8 Å². The van der Waals surface area contributed by atoms with E-state index in [9.17, 15) is 0 Å². The number of nitrogens with one attached hydrogen (secondary N) is 1. The van der Waals surface area contributed by atoms with Crippen molar-refractivity contribution in [2.75, 3.05) is 5.32 Å². The minimum atomic E-state index is 0.797. The van der Waals surface area contributed by atoms with Crippen molar-refractivity contribution < 1.29 is 0 Å². The van der Waals surface area contributed by atoms with Gasteiger partial charge in [-0.1, -0.05) is 11.6 Å². The Morgan fingerprint density at radius 3 is 3.00 bits per heavy atom. The number of hydrogen-bond donors (Lipinski definition) is 1. The van der Waals surface area contributed by atoms with Crippen LogP contribution in [0.25, 0.3) is 0 Å². The first kappa shape index (κ1) is 8.99. The Balaban J connectivity index is 1.93. The molecule has 0 amide bonds. The Labute approximate surface area is 89.2 Å². The van der Waals surface area contributed by atoms with Gasteiger partial charge in [0.05, 0.1) is 11.6 Å². The Hall–Kier alpha value is -0.580. The third kappa shape index (κ3) is 2.43. The van der Waals surface area contributed by atoms with Gasteiger partial charge in [0.25, 0.3) is 0 Å². The van der Waals surface area contributed by atoms with E-state index < -0.39 is 0 Å². The van der Waals surface area contributed by atoms with Crippen LogP contribution in [0.2, 0.25) is 5.02 Å². The van der Waals surface area contributed by atoms with Gasteiger partial charge in [0.2, 0.25) is 0 Å². The number of hydrogen-bond acceptors (Lipinski definition) is 4. The van der Waals surface area contributed by atoms with E-state index >= 15 is 0 Å². The number of rotatable bonds is 3. The second-order valence-electron chi connectivity index (χ2n) is 2.42. The number of aromatic nitrogens is 1.